The van der Waals surface area contributed by atoms with Crippen molar-refractivity contribution >= 4 is 26.0 Å². The third-order valence-electron chi connectivity index (χ3n) is 2.77. The summed E-state index contributed by atoms with van der Waals surface area (Å²) in [5.74, 6) is 0. The number of hydrogen-bond acceptors (Lipinski definition) is 4. The fraction of sp³-hybridized carbons (Fsp3) is 0.333. The van der Waals surface area contributed by atoms with Crippen LogP contribution in [0.1, 0.15) is 12.5 Å². The van der Waals surface area contributed by atoms with Gasteiger partial charge in [-0.25, -0.2) is 13.4 Å². The second kappa shape index (κ2) is 6.02. The van der Waals surface area contributed by atoms with E-state index < -0.39 is 10.0 Å². The van der Waals surface area contributed by atoms with Gasteiger partial charge < -0.3 is 0 Å². The average Bonchev–Trinajstić information content (AvgIpc) is 2.82. The van der Waals surface area contributed by atoms with E-state index in [1.54, 1.807) is 37.1 Å². The molecule has 0 saturated heterocycles. The van der Waals surface area contributed by atoms with Gasteiger partial charge in [0.05, 0.1) is 6.20 Å². The lowest BCUT2D eigenvalue weighted by Gasteiger charge is -2.19. The Hall–Kier alpha value is -1.25. The molecule has 0 unspecified atom stereocenters. The van der Waals surface area contributed by atoms with E-state index in [-0.39, 0.29) is 11.6 Å². The maximum atomic E-state index is 12.5. The number of hydrogen-bond donors (Lipinski definition) is 0. The Bertz CT molecular complexity index is 682. The zero-order valence-corrected chi connectivity index (χ0v) is 13.6. The Balaban J connectivity index is 2.27. The third-order valence-corrected chi connectivity index (χ3v) is 5.08. The lowest BCUT2D eigenvalue weighted by molar-refractivity contribution is 0.421. The first kappa shape index (κ1) is 15.1. The summed E-state index contributed by atoms with van der Waals surface area (Å²) in [7, 11) is -1.80. The molecule has 2 aromatic rings. The van der Waals surface area contributed by atoms with Crippen LogP contribution in [-0.4, -0.2) is 34.0 Å². The second-order valence-corrected chi connectivity index (χ2v) is 7.07. The van der Waals surface area contributed by atoms with Crippen molar-refractivity contribution < 1.29 is 8.42 Å². The molecule has 0 spiro atoms. The van der Waals surface area contributed by atoms with Gasteiger partial charge in [-0.3, -0.25) is 4.68 Å². The lowest BCUT2D eigenvalue weighted by atomic mass is 10.3. The molecular weight excluding hydrogens is 344 g/mol. The normalized spacial score (nSPS) is 12.0. The fourth-order valence-corrected chi connectivity index (χ4v) is 3.35. The van der Waals surface area contributed by atoms with E-state index in [1.165, 1.54) is 16.6 Å². The Morgan fingerprint density at radius 1 is 1.35 bits per heavy atom. The maximum absolute atomic E-state index is 12.5. The van der Waals surface area contributed by atoms with Crippen molar-refractivity contribution in [3.8, 4) is 0 Å². The first-order chi connectivity index (χ1) is 9.43. The molecule has 0 N–H and O–H groups in total. The molecule has 0 fully saturated rings. The standard InChI is InChI=1S/C12H15BrN4O2S/c1-3-17(9-10-6-15-16(2)8-10)20(18,19)12-5-4-11(13)7-14-12/h4-8H,3,9H2,1-2H3. The van der Waals surface area contributed by atoms with Crippen LogP contribution in [0.15, 0.2) is 40.2 Å². The number of nitrogens with zero attached hydrogens (tertiary/aromatic N) is 4. The van der Waals surface area contributed by atoms with E-state index in [0.29, 0.717) is 6.54 Å². The summed E-state index contributed by atoms with van der Waals surface area (Å²) < 4.78 is 28.8. The van der Waals surface area contributed by atoms with Gasteiger partial charge in [0.2, 0.25) is 0 Å². The molecule has 2 aromatic heterocycles. The number of sulfonamides is 1. The van der Waals surface area contributed by atoms with Gasteiger partial charge in [-0.05, 0) is 28.1 Å². The largest absolute Gasteiger partial charge is 0.275 e. The molecule has 0 aliphatic carbocycles. The lowest BCUT2D eigenvalue weighted by Crippen LogP contribution is -2.30. The fourth-order valence-electron chi connectivity index (χ4n) is 1.77. The van der Waals surface area contributed by atoms with Crippen molar-refractivity contribution in [3.05, 3.63) is 40.8 Å². The molecule has 2 heterocycles. The molecule has 6 nitrogen and oxygen atoms in total. The van der Waals surface area contributed by atoms with Crippen LogP contribution in [0.4, 0.5) is 0 Å². The third kappa shape index (κ3) is 3.25. The van der Waals surface area contributed by atoms with Gasteiger partial charge in [0, 0.05) is 42.6 Å². The van der Waals surface area contributed by atoms with E-state index in [1.807, 2.05) is 0 Å². The molecule has 20 heavy (non-hydrogen) atoms. The number of aromatic nitrogens is 3. The summed E-state index contributed by atoms with van der Waals surface area (Å²) in [6, 6.07) is 3.16. The summed E-state index contributed by atoms with van der Waals surface area (Å²) in [5, 5.41) is 4.09. The quantitative estimate of drug-likeness (QED) is 0.816. The van der Waals surface area contributed by atoms with Crippen molar-refractivity contribution in [3.63, 3.8) is 0 Å². The van der Waals surface area contributed by atoms with Gasteiger partial charge in [0.25, 0.3) is 10.0 Å². The summed E-state index contributed by atoms with van der Waals surface area (Å²) in [6.45, 7) is 2.45. The smallest absolute Gasteiger partial charge is 0.260 e. The van der Waals surface area contributed by atoms with E-state index in [4.69, 9.17) is 0 Å². The predicted octanol–water partition coefficient (Wildman–Crippen LogP) is 1.79. The molecule has 0 radical (unpaired) electrons. The molecule has 0 aromatic carbocycles. The minimum absolute atomic E-state index is 0.0476. The summed E-state index contributed by atoms with van der Waals surface area (Å²) >= 11 is 3.24. The molecule has 0 bridgehead atoms. The highest BCUT2D eigenvalue weighted by atomic mass is 79.9. The van der Waals surface area contributed by atoms with Crippen molar-refractivity contribution in [2.45, 2.75) is 18.5 Å². The zero-order chi connectivity index (χ0) is 14.8. The van der Waals surface area contributed by atoms with Gasteiger partial charge in [-0.1, -0.05) is 6.92 Å². The van der Waals surface area contributed by atoms with E-state index in [0.717, 1.165) is 10.0 Å². The number of rotatable bonds is 5. The number of aryl methyl sites for hydroxylation is 1. The Morgan fingerprint density at radius 3 is 2.60 bits per heavy atom. The average molecular weight is 359 g/mol. The van der Waals surface area contributed by atoms with Crippen LogP contribution in [0, 0.1) is 0 Å². The maximum Gasteiger partial charge on any atom is 0.260 e. The molecule has 0 amide bonds. The van der Waals surface area contributed by atoms with Crippen LogP contribution in [0.25, 0.3) is 0 Å². The first-order valence-corrected chi connectivity index (χ1v) is 8.26. The number of pyridine rings is 1. The van der Waals surface area contributed by atoms with Crippen molar-refractivity contribution in [2.24, 2.45) is 7.05 Å². The van der Waals surface area contributed by atoms with Crippen molar-refractivity contribution in [2.75, 3.05) is 6.54 Å². The molecule has 0 saturated carbocycles. The summed E-state index contributed by atoms with van der Waals surface area (Å²) in [4.78, 5) is 3.97. The highest BCUT2D eigenvalue weighted by molar-refractivity contribution is 9.10. The van der Waals surface area contributed by atoms with Crippen LogP contribution in [-0.2, 0) is 23.6 Å². The summed E-state index contributed by atoms with van der Waals surface area (Å²) in [6.07, 6.45) is 4.94. The first-order valence-electron chi connectivity index (χ1n) is 6.02. The Labute approximate surface area is 126 Å². The van der Waals surface area contributed by atoms with Gasteiger partial charge in [0.1, 0.15) is 0 Å². The van der Waals surface area contributed by atoms with Crippen LogP contribution >= 0.6 is 15.9 Å². The molecule has 108 valence electrons. The van der Waals surface area contributed by atoms with E-state index in [2.05, 4.69) is 26.0 Å². The molecular formula is C12H15BrN4O2S. The van der Waals surface area contributed by atoms with Gasteiger partial charge in [0.15, 0.2) is 5.03 Å². The van der Waals surface area contributed by atoms with Crippen LogP contribution in [0.3, 0.4) is 0 Å². The topological polar surface area (TPSA) is 68.1 Å². The second-order valence-electron chi connectivity index (χ2n) is 4.27. The monoisotopic (exact) mass is 358 g/mol. The minimum Gasteiger partial charge on any atom is -0.275 e. The van der Waals surface area contributed by atoms with Gasteiger partial charge in [-0.15, -0.1) is 0 Å². The van der Waals surface area contributed by atoms with Gasteiger partial charge in [-0.2, -0.15) is 9.40 Å². The zero-order valence-electron chi connectivity index (χ0n) is 11.2. The Morgan fingerprint density at radius 2 is 2.10 bits per heavy atom. The highest BCUT2D eigenvalue weighted by Gasteiger charge is 2.24. The Kier molecular flexibility index (Phi) is 4.56. The predicted molar refractivity (Wildman–Crippen MR) is 78.4 cm³/mol. The van der Waals surface area contributed by atoms with E-state index >= 15 is 0 Å². The summed E-state index contributed by atoms with van der Waals surface area (Å²) in [5.41, 5.74) is 0.843. The number of halogens is 1. The minimum atomic E-state index is -3.59. The molecule has 8 heteroatoms. The van der Waals surface area contributed by atoms with Gasteiger partial charge >= 0.3 is 0 Å². The molecule has 0 atom stereocenters. The van der Waals surface area contributed by atoms with Crippen molar-refractivity contribution in [1.82, 2.24) is 19.1 Å². The SMILES string of the molecule is CCN(Cc1cnn(C)c1)S(=O)(=O)c1ccc(Br)cn1. The van der Waals surface area contributed by atoms with Crippen LogP contribution < -0.4 is 0 Å². The van der Waals surface area contributed by atoms with E-state index in [9.17, 15) is 8.42 Å². The van der Waals surface area contributed by atoms with Crippen LogP contribution in [0.2, 0.25) is 0 Å². The highest BCUT2D eigenvalue weighted by Crippen LogP contribution is 2.17. The molecule has 2 rings (SSSR count). The molecule has 0 aliphatic rings. The van der Waals surface area contributed by atoms with Crippen LogP contribution in [0.5, 0.6) is 0 Å². The van der Waals surface area contributed by atoms with Crippen molar-refractivity contribution in [1.29, 1.82) is 0 Å². The molecule has 0 aliphatic heterocycles.